The highest BCUT2D eigenvalue weighted by Crippen LogP contribution is 2.25. The van der Waals surface area contributed by atoms with Crippen molar-refractivity contribution in [2.75, 3.05) is 19.7 Å². The van der Waals surface area contributed by atoms with Crippen molar-refractivity contribution in [3.63, 3.8) is 0 Å². The molecule has 1 aromatic heterocycles. The zero-order chi connectivity index (χ0) is 14.7. The summed E-state index contributed by atoms with van der Waals surface area (Å²) in [5, 5.41) is 9.28. The van der Waals surface area contributed by atoms with Crippen molar-refractivity contribution < 1.29 is 9.50 Å². The molecule has 110 valence electrons. The van der Waals surface area contributed by atoms with E-state index in [0.29, 0.717) is 12.1 Å². The van der Waals surface area contributed by atoms with E-state index in [9.17, 15) is 9.50 Å². The summed E-state index contributed by atoms with van der Waals surface area (Å²) in [6.07, 6.45) is 0. The van der Waals surface area contributed by atoms with E-state index in [1.54, 1.807) is 6.07 Å². The van der Waals surface area contributed by atoms with Crippen molar-refractivity contribution in [3.05, 3.63) is 29.8 Å². The summed E-state index contributed by atoms with van der Waals surface area (Å²) in [7, 11) is 0. The second-order valence-corrected chi connectivity index (χ2v) is 4.88. The first-order chi connectivity index (χ1) is 9.62. The fraction of sp³-hybridized carbons (Fsp3) is 0.533. The lowest BCUT2D eigenvalue weighted by molar-refractivity contribution is 0.216. The number of hydrogen-bond donors (Lipinski definition) is 1. The molecule has 2 rings (SSSR count). The van der Waals surface area contributed by atoms with Gasteiger partial charge in [0.15, 0.2) is 0 Å². The topological polar surface area (TPSA) is 41.3 Å². The summed E-state index contributed by atoms with van der Waals surface area (Å²) in [6.45, 7) is 8.68. The van der Waals surface area contributed by atoms with E-state index in [2.05, 4.69) is 30.7 Å². The smallest absolute Gasteiger partial charge is 0.127 e. The van der Waals surface area contributed by atoms with Gasteiger partial charge in [0.05, 0.1) is 23.7 Å². The number of fused-ring (bicyclic) bond motifs is 1. The van der Waals surface area contributed by atoms with E-state index in [0.717, 1.165) is 24.4 Å². The molecule has 0 aliphatic heterocycles. The van der Waals surface area contributed by atoms with Gasteiger partial charge < -0.3 is 9.67 Å². The van der Waals surface area contributed by atoms with Crippen LogP contribution in [0.3, 0.4) is 0 Å². The van der Waals surface area contributed by atoms with Gasteiger partial charge >= 0.3 is 0 Å². The van der Waals surface area contributed by atoms with Crippen molar-refractivity contribution in [1.29, 1.82) is 0 Å². The van der Waals surface area contributed by atoms with E-state index < -0.39 is 0 Å². The van der Waals surface area contributed by atoms with Crippen molar-refractivity contribution in [2.45, 2.75) is 33.4 Å². The van der Waals surface area contributed by atoms with Crippen molar-refractivity contribution in [2.24, 2.45) is 0 Å². The quantitative estimate of drug-likeness (QED) is 0.883. The van der Waals surface area contributed by atoms with Gasteiger partial charge in [0.1, 0.15) is 11.6 Å². The third kappa shape index (κ3) is 2.69. The summed E-state index contributed by atoms with van der Waals surface area (Å²) in [6, 6.07) is 4.74. The third-order valence-corrected chi connectivity index (χ3v) is 3.80. The third-order valence-electron chi connectivity index (χ3n) is 3.80. The first kappa shape index (κ1) is 14.9. The molecule has 1 N–H and O–H groups in total. The van der Waals surface area contributed by atoms with Crippen molar-refractivity contribution in [1.82, 2.24) is 14.5 Å². The predicted molar refractivity (Wildman–Crippen MR) is 78.1 cm³/mol. The predicted octanol–water partition coefficient (Wildman–Crippen LogP) is 2.57. The van der Waals surface area contributed by atoms with Crippen LogP contribution in [0.1, 0.15) is 32.6 Å². The Labute approximate surface area is 118 Å². The Morgan fingerprint density at radius 3 is 2.65 bits per heavy atom. The second kappa shape index (κ2) is 6.33. The van der Waals surface area contributed by atoms with Gasteiger partial charge in [-0.3, -0.25) is 4.90 Å². The van der Waals surface area contributed by atoms with Gasteiger partial charge in [0, 0.05) is 12.6 Å². The van der Waals surface area contributed by atoms with Crippen molar-refractivity contribution >= 4 is 11.0 Å². The van der Waals surface area contributed by atoms with Gasteiger partial charge in [0.2, 0.25) is 0 Å². The molecule has 0 saturated heterocycles. The SMILES string of the molecule is CCN(CC)C(C)c1nc2cc(F)ccc2n1CCO. The molecule has 0 aliphatic rings. The normalized spacial score (nSPS) is 13.3. The average molecular weight is 279 g/mol. The Morgan fingerprint density at radius 2 is 2.05 bits per heavy atom. The summed E-state index contributed by atoms with van der Waals surface area (Å²) in [5.41, 5.74) is 1.52. The minimum absolute atomic E-state index is 0.0425. The molecular weight excluding hydrogens is 257 g/mol. The van der Waals surface area contributed by atoms with E-state index >= 15 is 0 Å². The molecule has 0 bridgehead atoms. The van der Waals surface area contributed by atoms with E-state index in [1.807, 2.05) is 4.57 Å². The van der Waals surface area contributed by atoms with Crippen LogP contribution in [-0.4, -0.2) is 39.3 Å². The Hall–Kier alpha value is -1.46. The molecule has 1 aromatic carbocycles. The maximum Gasteiger partial charge on any atom is 0.127 e. The molecule has 1 unspecified atom stereocenters. The summed E-state index contributed by atoms with van der Waals surface area (Å²) in [5.74, 6) is 0.594. The first-order valence-corrected chi connectivity index (χ1v) is 7.12. The van der Waals surface area contributed by atoms with Crippen LogP contribution in [-0.2, 0) is 6.54 Å². The number of benzene rings is 1. The van der Waals surface area contributed by atoms with Gasteiger partial charge in [-0.05, 0) is 32.1 Å². The first-order valence-electron chi connectivity index (χ1n) is 7.12. The number of imidazole rings is 1. The van der Waals surface area contributed by atoms with Crippen LogP contribution in [0.4, 0.5) is 4.39 Å². The average Bonchev–Trinajstić information content (AvgIpc) is 2.78. The molecule has 4 nitrogen and oxygen atoms in total. The van der Waals surface area contributed by atoms with E-state index in [-0.39, 0.29) is 18.5 Å². The van der Waals surface area contributed by atoms with Crippen LogP contribution in [0, 0.1) is 5.82 Å². The highest BCUT2D eigenvalue weighted by atomic mass is 19.1. The molecule has 0 fully saturated rings. The Kier molecular flexibility index (Phi) is 4.73. The van der Waals surface area contributed by atoms with Crippen LogP contribution < -0.4 is 0 Å². The van der Waals surface area contributed by atoms with Crippen LogP contribution in [0.2, 0.25) is 0 Å². The number of nitrogens with zero attached hydrogens (tertiary/aromatic N) is 3. The van der Waals surface area contributed by atoms with Gasteiger partial charge in [-0.15, -0.1) is 0 Å². The maximum absolute atomic E-state index is 13.3. The number of aromatic nitrogens is 2. The number of halogens is 1. The Morgan fingerprint density at radius 1 is 1.35 bits per heavy atom. The van der Waals surface area contributed by atoms with Crippen molar-refractivity contribution in [3.8, 4) is 0 Å². The van der Waals surface area contributed by atoms with Crippen LogP contribution in [0.15, 0.2) is 18.2 Å². The standard InChI is InChI=1S/C15H22FN3O/c1-4-18(5-2)11(3)15-17-13-10-12(16)6-7-14(13)19(15)8-9-20/h6-7,10-11,20H,4-5,8-9H2,1-3H3. The number of aliphatic hydroxyl groups is 1. The molecule has 5 heteroatoms. The van der Waals surface area contributed by atoms with Crippen LogP contribution in [0.5, 0.6) is 0 Å². The summed E-state index contributed by atoms with van der Waals surface area (Å²) >= 11 is 0. The lowest BCUT2D eigenvalue weighted by Gasteiger charge is -2.26. The minimum Gasteiger partial charge on any atom is -0.395 e. The lowest BCUT2D eigenvalue weighted by Crippen LogP contribution is -2.28. The zero-order valence-corrected chi connectivity index (χ0v) is 12.3. The molecule has 0 spiro atoms. The number of aliphatic hydroxyl groups excluding tert-OH is 1. The fourth-order valence-corrected chi connectivity index (χ4v) is 2.71. The number of hydrogen-bond acceptors (Lipinski definition) is 3. The highest BCUT2D eigenvalue weighted by molar-refractivity contribution is 5.76. The van der Waals surface area contributed by atoms with Crippen LogP contribution >= 0.6 is 0 Å². The molecule has 0 radical (unpaired) electrons. The highest BCUT2D eigenvalue weighted by Gasteiger charge is 2.20. The van der Waals surface area contributed by atoms with Gasteiger partial charge in [-0.2, -0.15) is 0 Å². The minimum atomic E-state index is -0.284. The van der Waals surface area contributed by atoms with E-state index in [1.165, 1.54) is 12.1 Å². The summed E-state index contributed by atoms with van der Waals surface area (Å²) < 4.78 is 15.3. The Bertz CT molecular complexity index is 578. The van der Waals surface area contributed by atoms with Gasteiger partial charge in [-0.1, -0.05) is 13.8 Å². The fourth-order valence-electron chi connectivity index (χ4n) is 2.71. The molecule has 0 amide bonds. The molecule has 20 heavy (non-hydrogen) atoms. The van der Waals surface area contributed by atoms with Crippen LogP contribution in [0.25, 0.3) is 11.0 Å². The molecule has 2 aromatic rings. The lowest BCUT2D eigenvalue weighted by atomic mass is 10.2. The monoisotopic (exact) mass is 279 g/mol. The largest absolute Gasteiger partial charge is 0.395 e. The Balaban J connectivity index is 2.53. The summed E-state index contributed by atoms with van der Waals surface area (Å²) in [4.78, 5) is 6.86. The molecular formula is C15H22FN3O. The molecule has 0 aliphatic carbocycles. The number of rotatable bonds is 6. The molecule has 0 saturated carbocycles. The molecule has 1 atom stereocenters. The molecule has 1 heterocycles. The maximum atomic E-state index is 13.3. The second-order valence-electron chi connectivity index (χ2n) is 4.88. The van der Waals surface area contributed by atoms with E-state index in [4.69, 9.17) is 0 Å². The van der Waals surface area contributed by atoms with Gasteiger partial charge in [-0.25, -0.2) is 9.37 Å². The zero-order valence-electron chi connectivity index (χ0n) is 12.3. The van der Waals surface area contributed by atoms with Gasteiger partial charge in [0.25, 0.3) is 0 Å².